The fourth-order valence-corrected chi connectivity index (χ4v) is 1.82. The van der Waals surface area contributed by atoms with Crippen LogP contribution in [0.25, 0.3) is 0 Å². The SMILES string of the molecule is CCc1nn(C(C)(C)C)c(OC)c1CCN. The number of methoxy groups -OCH3 is 1. The number of nitrogens with two attached hydrogens (primary N) is 1. The molecule has 1 rings (SSSR count). The summed E-state index contributed by atoms with van der Waals surface area (Å²) in [7, 11) is 1.69. The number of hydrogen-bond acceptors (Lipinski definition) is 3. The molecule has 92 valence electrons. The maximum atomic E-state index is 5.63. The quantitative estimate of drug-likeness (QED) is 0.848. The summed E-state index contributed by atoms with van der Waals surface area (Å²) in [6.45, 7) is 9.09. The minimum Gasteiger partial charge on any atom is -0.481 e. The van der Waals surface area contributed by atoms with E-state index in [9.17, 15) is 0 Å². The van der Waals surface area contributed by atoms with Crippen molar-refractivity contribution >= 4 is 0 Å². The molecule has 0 spiro atoms. The second kappa shape index (κ2) is 4.87. The van der Waals surface area contributed by atoms with Gasteiger partial charge in [0.2, 0.25) is 5.88 Å². The summed E-state index contributed by atoms with van der Waals surface area (Å²) in [5.74, 6) is 0.856. The average Bonchev–Trinajstić information content (AvgIpc) is 2.56. The van der Waals surface area contributed by atoms with Gasteiger partial charge in [0.1, 0.15) is 0 Å². The molecule has 0 aliphatic rings. The smallest absolute Gasteiger partial charge is 0.215 e. The van der Waals surface area contributed by atoms with Crippen LogP contribution in [0.5, 0.6) is 5.88 Å². The zero-order chi connectivity index (χ0) is 12.3. The van der Waals surface area contributed by atoms with E-state index in [-0.39, 0.29) is 5.54 Å². The van der Waals surface area contributed by atoms with Crippen molar-refractivity contribution in [3.63, 3.8) is 0 Å². The fourth-order valence-electron chi connectivity index (χ4n) is 1.82. The van der Waals surface area contributed by atoms with Gasteiger partial charge in [0.15, 0.2) is 0 Å². The Kier molecular flexibility index (Phi) is 3.97. The lowest BCUT2D eigenvalue weighted by atomic mass is 10.1. The standard InChI is InChI=1S/C12H23N3O/c1-6-10-9(7-8-13)11(16-5)15(14-10)12(2,3)4/h6-8,13H2,1-5H3. The second-order valence-electron chi connectivity index (χ2n) is 4.91. The molecule has 4 nitrogen and oxygen atoms in total. The van der Waals surface area contributed by atoms with Crippen LogP contribution in [0.15, 0.2) is 0 Å². The van der Waals surface area contributed by atoms with E-state index in [1.165, 1.54) is 0 Å². The Morgan fingerprint density at radius 3 is 2.38 bits per heavy atom. The van der Waals surface area contributed by atoms with Gasteiger partial charge >= 0.3 is 0 Å². The molecule has 1 heterocycles. The Labute approximate surface area is 97.8 Å². The fraction of sp³-hybridized carbons (Fsp3) is 0.750. The number of rotatable bonds is 4. The Morgan fingerprint density at radius 2 is 2.00 bits per heavy atom. The molecule has 4 heteroatoms. The average molecular weight is 225 g/mol. The molecule has 0 amide bonds. The number of aromatic nitrogens is 2. The van der Waals surface area contributed by atoms with Crippen LogP contribution in [-0.4, -0.2) is 23.4 Å². The lowest BCUT2D eigenvalue weighted by molar-refractivity contribution is 0.280. The van der Waals surface area contributed by atoms with Crippen molar-refractivity contribution in [1.82, 2.24) is 9.78 Å². The first kappa shape index (κ1) is 13.0. The summed E-state index contributed by atoms with van der Waals surface area (Å²) in [4.78, 5) is 0. The van der Waals surface area contributed by atoms with E-state index in [1.54, 1.807) is 7.11 Å². The van der Waals surface area contributed by atoms with Gasteiger partial charge in [-0.3, -0.25) is 0 Å². The number of aryl methyl sites for hydroxylation is 1. The van der Waals surface area contributed by atoms with Gasteiger partial charge in [0.25, 0.3) is 0 Å². The van der Waals surface area contributed by atoms with Crippen LogP contribution in [-0.2, 0) is 18.4 Å². The summed E-state index contributed by atoms with van der Waals surface area (Å²) in [5, 5.41) is 4.63. The third kappa shape index (κ3) is 2.38. The van der Waals surface area contributed by atoms with E-state index in [0.717, 1.165) is 30.0 Å². The lowest BCUT2D eigenvalue weighted by Crippen LogP contribution is -2.24. The maximum absolute atomic E-state index is 5.63. The van der Waals surface area contributed by atoms with Gasteiger partial charge in [-0.05, 0) is 40.2 Å². The molecule has 0 fully saturated rings. The predicted octanol–water partition coefficient (Wildman–Crippen LogP) is 1.71. The summed E-state index contributed by atoms with van der Waals surface area (Å²) in [5.41, 5.74) is 7.82. The van der Waals surface area contributed by atoms with Crippen molar-refractivity contribution in [1.29, 1.82) is 0 Å². The van der Waals surface area contributed by atoms with Gasteiger partial charge in [0.05, 0.1) is 18.3 Å². The molecule has 0 saturated heterocycles. The highest BCUT2D eigenvalue weighted by molar-refractivity contribution is 5.33. The molecule has 0 unspecified atom stereocenters. The van der Waals surface area contributed by atoms with E-state index in [4.69, 9.17) is 10.5 Å². The number of ether oxygens (including phenoxy) is 1. The van der Waals surface area contributed by atoms with Crippen molar-refractivity contribution in [2.24, 2.45) is 5.73 Å². The van der Waals surface area contributed by atoms with Gasteiger partial charge < -0.3 is 10.5 Å². The van der Waals surface area contributed by atoms with Gasteiger partial charge in [-0.2, -0.15) is 5.10 Å². The molecule has 0 saturated carbocycles. The molecule has 0 aliphatic heterocycles. The normalized spacial score (nSPS) is 11.9. The first-order valence-corrected chi connectivity index (χ1v) is 5.81. The van der Waals surface area contributed by atoms with Crippen molar-refractivity contribution in [2.75, 3.05) is 13.7 Å². The van der Waals surface area contributed by atoms with Gasteiger partial charge in [-0.25, -0.2) is 4.68 Å². The molecule has 2 N–H and O–H groups in total. The van der Waals surface area contributed by atoms with E-state index in [1.807, 2.05) is 4.68 Å². The highest BCUT2D eigenvalue weighted by Gasteiger charge is 2.24. The molecule has 0 radical (unpaired) electrons. The van der Waals surface area contributed by atoms with Crippen molar-refractivity contribution in [3.05, 3.63) is 11.3 Å². The topological polar surface area (TPSA) is 53.1 Å². The minimum absolute atomic E-state index is 0.0673. The second-order valence-corrected chi connectivity index (χ2v) is 4.91. The van der Waals surface area contributed by atoms with Crippen LogP contribution >= 0.6 is 0 Å². The molecular formula is C12H23N3O. The van der Waals surface area contributed by atoms with Crippen molar-refractivity contribution in [2.45, 2.75) is 46.1 Å². The zero-order valence-electron chi connectivity index (χ0n) is 11.0. The molecule has 1 aromatic heterocycles. The van der Waals surface area contributed by atoms with Crippen molar-refractivity contribution in [3.8, 4) is 5.88 Å². The number of nitrogens with zero attached hydrogens (tertiary/aromatic N) is 2. The molecule has 1 aromatic rings. The van der Waals surface area contributed by atoms with Crippen LogP contribution in [0.3, 0.4) is 0 Å². The maximum Gasteiger partial charge on any atom is 0.215 e. The summed E-state index contributed by atoms with van der Waals surface area (Å²) >= 11 is 0. The Balaban J connectivity index is 3.30. The summed E-state index contributed by atoms with van der Waals surface area (Å²) in [6.07, 6.45) is 1.73. The molecule has 0 aromatic carbocycles. The predicted molar refractivity (Wildman–Crippen MR) is 65.9 cm³/mol. The van der Waals surface area contributed by atoms with Crippen LogP contribution < -0.4 is 10.5 Å². The molecule has 0 aliphatic carbocycles. The van der Waals surface area contributed by atoms with Gasteiger partial charge in [0, 0.05) is 5.56 Å². The molecule has 0 atom stereocenters. The third-order valence-corrected chi connectivity index (χ3v) is 2.58. The molecule has 0 bridgehead atoms. The highest BCUT2D eigenvalue weighted by atomic mass is 16.5. The highest BCUT2D eigenvalue weighted by Crippen LogP contribution is 2.29. The van der Waals surface area contributed by atoms with Gasteiger partial charge in [-0.15, -0.1) is 0 Å². The lowest BCUT2D eigenvalue weighted by Gasteiger charge is -2.21. The van der Waals surface area contributed by atoms with Crippen LogP contribution in [0.1, 0.15) is 39.0 Å². The molecule has 16 heavy (non-hydrogen) atoms. The van der Waals surface area contributed by atoms with Crippen LogP contribution in [0.2, 0.25) is 0 Å². The van der Waals surface area contributed by atoms with Gasteiger partial charge in [-0.1, -0.05) is 6.92 Å². The minimum atomic E-state index is -0.0673. The van der Waals surface area contributed by atoms with E-state index < -0.39 is 0 Å². The monoisotopic (exact) mass is 225 g/mol. The first-order chi connectivity index (χ1) is 7.45. The number of hydrogen-bond donors (Lipinski definition) is 1. The van der Waals surface area contributed by atoms with E-state index >= 15 is 0 Å². The first-order valence-electron chi connectivity index (χ1n) is 5.81. The third-order valence-electron chi connectivity index (χ3n) is 2.58. The molecular weight excluding hydrogens is 202 g/mol. The Hall–Kier alpha value is -1.03. The van der Waals surface area contributed by atoms with Crippen LogP contribution in [0.4, 0.5) is 0 Å². The summed E-state index contributed by atoms with van der Waals surface area (Å²) < 4.78 is 7.44. The summed E-state index contributed by atoms with van der Waals surface area (Å²) in [6, 6.07) is 0. The van der Waals surface area contributed by atoms with Crippen molar-refractivity contribution < 1.29 is 4.74 Å². The van der Waals surface area contributed by atoms with E-state index in [0.29, 0.717) is 6.54 Å². The van der Waals surface area contributed by atoms with E-state index in [2.05, 4.69) is 32.8 Å². The zero-order valence-corrected chi connectivity index (χ0v) is 11.0. The van der Waals surface area contributed by atoms with Crippen LogP contribution in [0, 0.1) is 0 Å². The Bertz CT molecular complexity index is 350. The Morgan fingerprint density at radius 1 is 1.38 bits per heavy atom. The largest absolute Gasteiger partial charge is 0.481 e.